The SMILES string of the molecule is CCCN(Cc1cc(NC(=O)c2ccco2)ccc1N(C)C)C(=O)c1ccc(OC)cc1. The predicted molar refractivity (Wildman–Crippen MR) is 125 cm³/mol. The number of carbonyl (C=O) groups is 2. The Kier molecular flexibility index (Phi) is 7.54. The van der Waals surface area contributed by atoms with Gasteiger partial charge in [0.2, 0.25) is 0 Å². The Hall–Kier alpha value is -3.74. The summed E-state index contributed by atoms with van der Waals surface area (Å²) in [4.78, 5) is 29.4. The smallest absolute Gasteiger partial charge is 0.291 e. The molecular weight excluding hydrogens is 406 g/mol. The van der Waals surface area contributed by atoms with Crippen molar-refractivity contribution in [1.29, 1.82) is 0 Å². The molecule has 2 aromatic carbocycles. The number of carbonyl (C=O) groups excluding carboxylic acids is 2. The van der Waals surface area contributed by atoms with E-state index in [0.717, 1.165) is 17.7 Å². The highest BCUT2D eigenvalue weighted by Gasteiger charge is 2.19. The lowest BCUT2D eigenvalue weighted by Gasteiger charge is -2.26. The molecule has 0 fully saturated rings. The van der Waals surface area contributed by atoms with Gasteiger partial charge in [-0.1, -0.05) is 6.92 Å². The van der Waals surface area contributed by atoms with Crippen LogP contribution in [0, 0.1) is 0 Å². The molecule has 32 heavy (non-hydrogen) atoms. The third kappa shape index (κ3) is 5.49. The van der Waals surface area contributed by atoms with Crippen molar-refractivity contribution in [3.05, 3.63) is 77.7 Å². The first-order valence-corrected chi connectivity index (χ1v) is 10.5. The van der Waals surface area contributed by atoms with Gasteiger partial charge in [-0.25, -0.2) is 0 Å². The molecule has 1 aromatic heterocycles. The van der Waals surface area contributed by atoms with Gasteiger partial charge < -0.3 is 24.3 Å². The van der Waals surface area contributed by atoms with Crippen molar-refractivity contribution in [3.8, 4) is 5.75 Å². The summed E-state index contributed by atoms with van der Waals surface area (Å²) in [7, 11) is 5.51. The van der Waals surface area contributed by atoms with Crippen LogP contribution in [0.2, 0.25) is 0 Å². The molecule has 0 saturated heterocycles. The minimum Gasteiger partial charge on any atom is -0.497 e. The number of furan rings is 1. The maximum absolute atomic E-state index is 13.2. The summed E-state index contributed by atoms with van der Waals surface area (Å²) in [6, 6.07) is 16.1. The van der Waals surface area contributed by atoms with Gasteiger partial charge in [0, 0.05) is 44.1 Å². The quantitative estimate of drug-likeness (QED) is 0.529. The van der Waals surface area contributed by atoms with E-state index < -0.39 is 0 Å². The molecule has 0 bridgehead atoms. The van der Waals surface area contributed by atoms with Crippen molar-refractivity contribution < 1.29 is 18.7 Å². The molecule has 0 aliphatic rings. The zero-order valence-corrected chi connectivity index (χ0v) is 18.9. The second-order valence-electron chi connectivity index (χ2n) is 7.62. The molecule has 7 nitrogen and oxygen atoms in total. The standard InChI is InChI=1S/C25H29N3O4/c1-5-14-28(25(30)18-8-11-21(31-4)12-9-18)17-19-16-20(10-13-22(19)27(2)3)26-24(29)23-7-6-15-32-23/h6-13,15-16H,5,14,17H2,1-4H3,(H,26,29). The number of hydrogen-bond acceptors (Lipinski definition) is 5. The van der Waals surface area contributed by atoms with Crippen LogP contribution in [-0.4, -0.2) is 44.5 Å². The van der Waals surface area contributed by atoms with Crippen molar-refractivity contribution in [2.24, 2.45) is 0 Å². The van der Waals surface area contributed by atoms with Crippen molar-refractivity contribution in [1.82, 2.24) is 4.90 Å². The van der Waals surface area contributed by atoms with Gasteiger partial charge in [-0.15, -0.1) is 0 Å². The first-order valence-electron chi connectivity index (χ1n) is 10.5. The number of anilines is 2. The molecule has 3 aromatic rings. The Labute approximate surface area is 188 Å². The number of nitrogens with zero attached hydrogens (tertiary/aromatic N) is 2. The number of ether oxygens (including phenoxy) is 1. The van der Waals surface area contributed by atoms with Crippen LogP contribution in [0.25, 0.3) is 0 Å². The van der Waals surface area contributed by atoms with Gasteiger partial charge in [-0.05, 0) is 66.6 Å². The van der Waals surface area contributed by atoms with Crippen molar-refractivity contribution in [3.63, 3.8) is 0 Å². The molecule has 0 saturated carbocycles. The van der Waals surface area contributed by atoms with Gasteiger partial charge in [-0.3, -0.25) is 9.59 Å². The molecule has 0 radical (unpaired) electrons. The Balaban J connectivity index is 1.86. The first-order chi connectivity index (χ1) is 15.4. The number of benzene rings is 2. The summed E-state index contributed by atoms with van der Waals surface area (Å²) in [6.45, 7) is 3.07. The fourth-order valence-electron chi connectivity index (χ4n) is 3.47. The third-order valence-electron chi connectivity index (χ3n) is 5.04. The van der Waals surface area contributed by atoms with Crippen LogP contribution >= 0.6 is 0 Å². The summed E-state index contributed by atoms with van der Waals surface area (Å²) in [5, 5.41) is 2.86. The zero-order valence-electron chi connectivity index (χ0n) is 18.9. The molecule has 3 rings (SSSR count). The van der Waals surface area contributed by atoms with Gasteiger partial charge in [0.05, 0.1) is 13.4 Å². The third-order valence-corrected chi connectivity index (χ3v) is 5.04. The molecule has 2 amide bonds. The largest absolute Gasteiger partial charge is 0.497 e. The second kappa shape index (κ2) is 10.5. The van der Waals surface area contributed by atoms with E-state index in [1.807, 2.05) is 49.0 Å². The Morgan fingerprint density at radius 3 is 2.41 bits per heavy atom. The lowest BCUT2D eigenvalue weighted by molar-refractivity contribution is 0.0743. The molecule has 0 atom stereocenters. The van der Waals surface area contributed by atoms with Gasteiger partial charge in [0.25, 0.3) is 11.8 Å². The molecule has 1 heterocycles. The number of methoxy groups -OCH3 is 1. The van der Waals surface area contributed by atoms with Crippen molar-refractivity contribution in [2.45, 2.75) is 19.9 Å². The van der Waals surface area contributed by atoms with Gasteiger partial charge in [0.15, 0.2) is 5.76 Å². The molecule has 1 N–H and O–H groups in total. The van der Waals surface area contributed by atoms with Crippen molar-refractivity contribution in [2.75, 3.05) is 38.0 Å². The Morgan fingerprint density at radius 2 is 1.81 bits per heavy atom. The molecule has 0 aliphatic heterocycles. The number of amides is 2. The number of rotatable bonds is 9. The van der Waals surface area contributed by atoms with Crippen LogP contribution in [-0.2, 0) is 6.54 Å². The highest BCUT2D eigenvalue weighted by atomic mass is 16.5. The fourth-order valence-corrected chi connectivity index (χ4v) is 3.47. The van der Waals surface area contributed by atoms with E-state index in [1.165, 1.54) is 6.26 Å². The molecule has 0 spiro atoms. The molecule has 168 valence electrons. The average molecular weight is 436 g/mol. The van der Waals surface area contributed by atoms with Crippen LogP contribution in [0.4, 0.5) is 11.4 Å². The summed E-state index contributed by atoms with van der Waals surface area (Å²) in [5.41, 5.74) is 3.15. The van der Waals surface area contributed by atoms with Gasteiger partial charge >= 0.3 is 0 Å². The number of hydrogen-bond donors (Lipinski definition) is 1. The van der Waals surface area contributed by atoms with Gasteiger partial charge in [-0.2, -0.15) is 0 Å². The minimum atomic E-state index is -0.321. The first kappa shape index (κ1) is 22.9. The minimum absolute atomic E-state index is 0.0516. The van der Waals surface area contributed by atoms with E-state index in [1.54, 1.807) is 43.5 Å². The highest BCUT2D eigenvalue weighted by molar-refractivity contribution is 6.02. The van der Waals surface area contributed by atoms with Crippen molar-refractivity contribution >= 4 is 23.2 Å². The van der Waals surface area contributed by atoms with Crippen LogP contribution < -0.4 is 15.0 Å². The lowest BCUT2D eigenvalue weighted by atomic mass is 10.1. The van der Waals surface area contributed by atoms with Crippen LogP contribution in [0.1, 0.15) is 39.8 Å². The van der Waals surface area contributed by atoms with Crippen LogP contribution in [0.5, 0.6) is 5.75 Å². The maximum Gasteiger partial charge on any atom is 0.291 e. The van der Waals surface area contributed by atoms with E-state index in [9.17, 15) is 9.59 Å². The molecule has 0 unspecified atom stereocenters. The van der Waals surface area contributed by atoms with Crippen LogP contribution in [0.3, 0.4) is 0 Å². The zero-order chi connectivity index (χ0) is 23.1. The van der Waals surface area contributed by atoms with Crippen LogP contribution in [0.15, 0.2) is 65.3 Å². The fraction of sp³-hybridized carbons (Fsp3) is 0.280. The maximum atomic E-state index is 13.2. The Morgan fingerprint density at radius 1 is 1.06 bits per heavy atom. The topological polar surface area (TPSA) is 75.0 Å². The average Bonchev–Trinajstić information content (AvgIpc) is 3.33. The molecular formula is C25H29N3O4. The monoisotopic (exact) mass is 435 g/mol. The van der Waals surface area contributed by atoms with E-state index in [4.69, 9.17) is 9.15 Å². The number of nitrogens with one attached hydrogen (secondary N) is 1. The molecule has 7 heteroatoms. The normalized spacial score (nSPS) is 10.5. The molecule has 0 aliphatic carbocycles. The van der Waals surface area contributed by atoms with E-state index in [2.05, 4.69) is 5.32 Å². The summed E-state index contributed by atoms with van der Waals surface area (Å²) < 4.78 is 10.4. The van der Waals surface area contributed by atoms with E-state index in [0.29, 0.717) is 30.1 Å². The van der Waals surface area contributed by atoms with E-state index >= 15 is 0 Å². The Bertz CT molecular complexity index is 1040. The van der Waals surface area contributed by atoms with Gasteiger partial charge in [0.1, 0.15) is 5.75 Å². The summed E-state index contributed by atoms with van der Waals surface area (Å²) in [6.07, 6.45) is 2.29. The summed E-state index contributed by atoms with van der Waals surface area (Å²) in [5.74, 6) is 0.575. The lowest BCUT2D eigenvalue weighted by Crippen LogP contribution is -2.32. The van der Waals surface area contributed by atoms with E-state index in [-0.39, 0.29) is 17.6 Å². The highest BCUT2D eigenvalue weighted by Crippen LogP contribution is 2.26. The predicted octanol–water partition coefficient (Wildman–Crippen LogP) is 4.66. The second-order valence-corrected chi connectivity index (χ2v) is 7.62. The summed E-state index contributed by atoms with van der Waals surface area (Å²) >= 11 is 0.